The van der Waals surface area contributed by atoms with Crippen LogP contribution in [0.15, 0.2) is 0 Å². The molecule has 1 saturated heterocycles. The van der Waals surface area contributed by atoms with E-state index in [9.17, 15) is 9.59 Å². The Hall–Kier alpha value is -0.261. The molecule has 0 spiro atoms. The first-order chi connectivity index (χ1) is 9.12. The summed E-state index contributed by atoms with van der Waals surface area (Å²) in [7, 11) is 0. The summed E-state index contributed by atoms with van der Waals surface area (Å²) >= 11 is -3.48. The Morgan fingerprint density at radius 2 is 1.53 bits per heavy atom. The Kier molecular flexibility index (Phi) is 7.79. The van der Waals surface area contributed by atoms with Crippen molar-refractivity contribution in [3.8, 4) is 0 Å². The first-order valence-corrected chi connectivity index (χ1v) is 13.9. The normalized spacial score (nSPS) is 19.9. The molecule has 4 nitrogen and oxygen atoms in total. The third kappa shape index (κ3) is 6.15. The topological polar surface area (TPSA) is 52.6 Å². The number of hydrogen-bond donors (Lipinski definition) is 0. The summed E-state index contributed by atoms with van der Waals surface area (Å²) in [5.74, 6) is -0.300. The molecular formula is C14H26O4Sn. The zero-order valence-corrected chi connectivity index (χ0v) is 15.1. The monoisotopic (exact) mass is 378 g/mol. The summed E-state index contributed by atoms with van der Waals surface area (Å²) in [6, 6.07) is 0. The molecule has 19 heavy (non-hydrogen) atoms. The van der Waals surface area contributed by atoms with Gasteiger partial charge in [0.05, 0.1) is 0 Å². The van der Waals surface area contributed by atoms with Crippen LogP contribution in [0.5, 0.6) is 0 Å². The molecule has 0 aromatic rings. The van der Waals surface area contributed by atoms with Crippen molar-refractivity contribution in [2.24, 2.45) is 0 Å². The van der Waals surface area contributed by atoms with Crippen LogP contribution in [0, 0.1) is 0 Å². The molecule has 0 aromatic carbocycles. The average Bonchev–Trinajstić information content (AvgIpc) is 2.45. The Labute approximate surface area is 121 Å². The summed E-state index contributed by atoms with van der Waals surface area (Å²) in [6.45, 7) is 4.16. The fraction of sp³-hybridized carbons (Fsp3) is 0.857. The number of carbonyl (C=O) groups excluding carboxylic acids is 2. The van der Waals surface area contributed by atoms with E-state index in [1.807, 2.05) is 6.92 Å². The van der Waals surface area contributed by atoms with Gasteiger partial charge in [0.25, 0.3) is 0 Å². The van der Waals surface area contributed by atoms with E-state index in [0.29, 0.717) is 12.8 Å². The van der Waals surface area contributed by atoms with Crippen LogP contribution in [0.3, 0.4) is 0 Å². The van der Waals surface area contributed by atoms with Gasteiger partial charge in [-0.05, 0) is 0 Å². The van der Waals surface area contributed by atoms with Crippen LogP contribution < -0.4 is 0 Å². The molecule has 0 N–H and O–H groups in total. The summed E-state index contributed by atoms with van der Waals surface area (Å²) in [6.07, 6.45) is 6.84. The van der Waals surface area contributed by atoms with Gasteiger partial charge in [0, 0.05) is 0 Å². The van der Waals surface area contributed by atoms with E-state index in [1.165, 1.54) is 12.8 Å². The van der Waals surface area contributed by atoms with Crippen molar-refractivity contribution in [1.82, 2.24) is 0 Å². The molecule has 0 bridgehead atoms. The molecule has 1 heterocycles. The summed E-state index contributed by atoms with van der Waals surface area (Å²) in [5, 5.41) is 0. The van der Waals surface area contributed by atoms with Crippen molar-refractivity contribution in [2.75, 3.05) is 0 Å². The van der Waals surface area contributed by atoms with Crippen molar-refractivity contribution >= 4 is 31.1 Å². The fourth-order valence-corrected chi connectivity index (χ4v) is 10.1. The quantitative estimate of drug-likeness (QED) is 0.524. The number of unbranched alkanes of at least 4 members (excludes halogenated alkanes) is 3. The van der Waals surface area contributed by atoms with E-state index in [2.05, 4.69) is 6.92 Å². The molecule has 1 aliphatic rings. The standard InChI is InChI=1S/C6H10O4.C6H13.C2H5.Sn/c7-5(8)3-1-2-4-6(9)10;1-3-5-6-4-2;1-2;/h1-4H2,(H,7,8)(H,9,10);1,3-6H2,2H3;1H2,2H3;/q;;;+2/p-2. The van der Waals surface area contributed by atoms with Gasteiger partial charge in [-0.3, -0.25) is 0 Å². The third-order valence-corrected chi connectivity index (χ3v) is 13.2. The van der Waals surface area contributed by atoms with E-state index in [0.717, 1.165) is 34.6 Å². The van der Waals surface area contributed by atoms with Gasteiger partial charge in [-0.1, -0.05) is 0 Å². The summed E-state index contributed by atoms with van der Waals surface area (Å²) in [5.41, 5.74) is 0. The molecule has 1 fully saturated rings. The molecule has 0 aromatic heterocycles. The van der Waals surface area contributed by atoms with Crippen molar-refractivity contribution in [3.05, 3.63) is 0 Å². The fourth-order valence-electron chi connectivity index (χ4n) is 2.32. The first-order valence-electron chi connectivity index (χ1n) is 7.55. The van der Waals surface area contributed by atoms with E-state index in [-0.39, 0.29) is 11.9 Å². The molecule has 0 aliphatic carbocycles. The molecule has 0 saturated carbocycles. The van der Waals surface area contributed by atoms with Gasteiger partial charge in [-0.25, -0.2) is 0 Å². The molecule has 0 unspecified atom stereocenters. The van der Waals surface area contributed by atoms with Crippen LogP contribution in [0.2, 0.25) is 8.87 Å². The van der Waals surface area contributed by atoms with Gasteiger partial charge in [0.2, 0.25) is 0 Å². The Morgan fingerprint density at radius 3 is 2.00 bits per heavy atom. The Morgan fingerprint density at radius 1 is 0.947 bits per heavy atom. The van der Waals surface area contributed by atoms with Gasteiger partial charge in [-0.2, -0.15) is 0 Å². The molecule has 1 aliphatic heterocycles. The van der Waals surface area contributed by atoms with Crippen molar-refractivity contribution in [3.63, 3.8) is 0 Å². The maximum atomic E-state index is 11.8. The zero-order chi connectivity index (χ0) is 14.1. The van der Waals surface area contributed by atoms with Gasteiger partial charge < -0.3 is 0 Å². The molecule has 5 heteroatoms. The van der Waals surface area contributed by atoms with Crippen LogP contribution in [-0.4, -0.2) is 31.1 Å². The van der Waals surface area contributed by atoms with Gasteiger partial charge in [-0.15, -0.1) is 0 Å². The average molecular weight is 377 g/mol. The van der Waals surface area contributed by atoms with E-state index < -0.39 is 19.2 Å². The first kappa shape index (κ1) is 16.8. The zero-order valence-electron chi connectivity index (χ0n) is 12.2. The van der Waals surface area contributed by atoms with Gasteiger partial charge in [0.15, 0.2) is 0 Å². The molecule has 1 rings (SSSR count). The van der Waals surface area contributed by atoms with Crippen LogP contribution in [-0.2, 0) is 15.7 Å². The van der Waals surface area contributed by atoms with Crippen molar-refractivity contribution in [1.29, 1.82) is 0 Å². The second-order valence-corrected chi connectivity index (χ2v) is 15.0. The van der Waals surface area contributed by atoms with Gasteiger partial charge >= 0.3 is 121 Å². The molecule has 110 valence electrons. The van der Waals surface area contributed by atoms with Crippen molar-refractivity contribution < 1.29 is 15.7 Å². The SMILES string of the molecule is CCCCC[CH2][Sn]1([CH2]C)[O]C(=O)CCCCC(=O)[O]1. The molecule has 0 atom stereocenters. The van der Waals surface area contributed by atoms with E-state index >= 15 is 0 Å². The third-order valence-electron chi connectivity index (χ3n) is 3.56. The minimum absolute atomic E-state index is 0.150. The molecular weight excluding hydrogens is 351 g/mol. The second-order valence-electron chi connectivity index (χ2n) is 5.23. The number of hydrogen-bond acceptors (Lipinski definition) is 4. The Balaban J connectivity index is 2.65. The molecule has 0 amide bonds. The maximum absolute atomic E-state index is 11.8. The van der Waals surface area contributed by atoms with Crippen molar-refractivity contribution in [2.45, 2.75) is 74.1 Å². The van der Waals surface area contributed by atoms with Crippen LogP contribution in [0.4, 0.5) is 0 Å². The minimum atomic E-state index is -3.48. The van der Waals surface area contributed by atoms with Crippen LogP contribution >= 0.6 is 0 Å². The second kappa shape index (κ2) is 8.82. The summed E-state index contributed by atoms with van der Waals surface area (Å²) < 4.78 is 12.9. The predicted octanol–water partition coefficient (Wildman–Crippen LogP) is 3.69. The van der Waals surface area contributed by atoms with E-state index in [1.54, 1.807) is 0 Å². The summed E-state index contributed by atoms with van der Waals surface area (Å²) in [4.78, 5) is 23.6. The van der Waals surface area contributed by atoms with E-state index in [4.69, 9.17) is 6.15 Å². The number of rotatable bonds is 6. The van der Waals surface area contributed by atoms with Gasteiger partial charge in [0.1, 0.15) is 0 Å². The predicted molar refractivity (Wildman–Crippen MR) is 75.8 cm³/mol. The Bertz CT molecular complexity index is 284. The number of carbonyl (C=O) groups is 2. The molecule has 0 radical (unpaired) electrons. The van der Waals surface area contributed by atoms with Crippen LogP contribution in [0.25, 0.3) is 0 Å². The van der Waals surface area contributed by atoms with Crippen LogP contribution in [0.1, 0.15) is 65.2 Å².